The van der Waals surface area contributed by atoms with Crippen molar-refractivity contribution in [1.82, 2.24) is 10.3 Å². The van der Waals surface area contributed by atoms with Crippen LogP contribution < -0.4 is 5.32 Å². The molecule has 2 unspecified atom stereocenters. The van der Waals surface area contributed by atoms with Gasteiger partial charge in [0.25, 0.3) is 5.91 Å². The first-order chi connectivity index (χ1) is 8.11. The van der Waals surface area contributed by atoms with Crippen molar-refractivity contribution >= 4 is 17.2 Å². The predicted octanol–water partition coefficient (Wildman–Crippen LogP) is 2.18. The van der Waals surface area contributed by atoms with Gasteiger partial charge in [0.05, 0.1) is 22.7 Å². The van der Waals surface area contributed by atoms with E-state index in [0.717, 1.165) is 30.0 Å². The van der Waals surface area contributed by atoms with Crippen molar-refractivity contribution in [2.75, 3.05) is 0 Å². The number of amides is 1. The summed E-state index contributed by atoms with van der Waals surface area (Å²) in [4.78, 5) is 17.0. The molecule has 1 amide bonds. The molecule has 1 aromatic rings. The molecule has 0 saturated heterocycles. The highest BCUT2D eigenvalue weighted by Crippen LogP contribution is 2.26. The summed E-state index contributed by atoms with van der Waals surface area (Å²) in [6.07, 6.45) is 2.81. The summed E-state index contributed by atoms with van der Waals surface area (Å²) in [7, 11) is 0. The Kier molecular flexibility index (Phi) is 3.43. The van der Waals surface area contributed by atoms with Crippen molar-refractivity contribution in [2.24, 2.45) is 5.92 Å². The number of hydrogen-bond acceptors (Lipinski definition) is 4. The van der Waals surface area contributed by atoms with Gasteiger partial charge in [-0.15, -0.1) is 11.3 Å². The second kappa shape index (κ2) is 4.84. The third kappa shape index (κ3) is 2.47. The standard InChI is InChI=1S/C12H15N3OS/c1-7-11(17-8(2)14-7)12(16)15-10-5-3-4-9(10)6-13/h9-10H,3-5H2,1-2H3,(H,15,16). The summed E-state index contributed by atoms with van der Waals surface area (Å²) in [5.74, 6) is -0.117. The first-order valence-corrected chi connectivity index (χ1v) is 6.58. The minimum absolute atomic E-state index is 0.00862. The Morgan fingerprint density at radius 1 is 1.53 bits per heavy atom. The zero-order chi connectivity index (χ0) is 12.4. The van der Waals surface area contributed by atoms with Crippen LogP contribution in [0, 0.1) is 31.1 Å². The van der Waals surface area contributed by atoms with Gasteiger partial charge in [-0.3, -0.25) is 4.79 Å². The molecule has 2 rings (SSSR count). The van der Waals surface area contributed by atoms with E-state index in [0.29, 0.717) is 4.88 Å². The normalized spacial score (nSPS) is 23.4. The number of nitrogens with one attached hydrogen (secondary N) is 1. The zero-order valence-electron chi connectivity index (χ0n) is 9.99. The fourth-order valence-corrected chi connectivity index (χ4v) is 3.09. The van der Waals surface area contributed by atoms with Gasteiger partial charge in [0.15, 0.2) is 0 Å². The van der Waals surface area contributed by atoms with E-state index in [-0.39, 0.29) is 17.9 Å². The van der Waals surface area contributed by atoms with Gasteiger partial charge in [-0.25, -0.2) is 4.98 Å². The lowest BCUT2D eigenvalue weighted by Crippen LogP contribution is -2.36. The number of nitrogens with zero attached hydrogens (tertiary/aromatic N) is 2. The van der Waals surface area contributed by atoms with Crippen LogP contribution in [0.4, 0.5) is 0 Å². The van der Waals surface area contributed by atoms with Crippen molar-refractivity contribution in [3.63, 3.8) is 0 Å². The number of carbonyl (C=O) groups is 1. The number of thiazole rings is 1. The highest BCUT2D eigenvalue weighted by atomic mass is 32.1. The average Bonchev–Trinajstić information content (AvgIpc) is 2.84. The van der Waals surface area contributed by atoms with Gasteiger partial charge in [0.1, 0.15) is 4.88 Å². The van der Waals surface area contributed by atoms with Crippen molar-refractivity contribution in [3.8, 4) is 6.07 Å². The van der Waals surface area contributed by atoms with Gasteiger partial charge in [0.2, 0.25) is 0 Å². The molecule has 0 bridgehead atoms. The van der Waals surface area contributed by atoms with Gasteiger partial charge in [-0.05, 0) is 33.1 Å². The monoisotopic (exact) mass is 249 g/mol. The molecule has 4 nitrogen and oxygen atoms in total. The maximum absolute atomic E-state index is 12.0. The summed E-state index contributed by atoms with van der Waals surface area (Å²) in [6, 6.07) is 2.27. The average molecular weight is 249 g/mol. The molecule has 1 aliphatic rings. The summed E-state index contributed by atoms with van der Waals surface area (Å²) in [5, 5.41) is 12.8. The molecule has 0 aliphatic heterocycles. The van der Waals surface area contributed by atoms with Crippen molar-refractivity contribution < 1.29 is 4.79 Å². The molecule has 90 valence electrons. The number of hydrogen-bond donors (Lipinski definition) is 1. The van der Waals surface area contributed by atoms with E-state index < -0.39 is 0 Å². The predicted molar refractivity (Wildman–Crippen MR) is 65.8 cm³/mol. The van der Waals surface area contributed by atoms with Crippen LogP contribution in [-0.2, 0) is 0 Å². The Bertz CT molecular complexity index is 475. The Morgan fingerprint density at radius 3 is 2.88 bits per heavy atom. The second-order valence-corrected chi connectivity index (χ2v) is 5.60. The minimum Gasteiger partial charge on any atom is -0.347 e. The van der Waals surface area contributed by atoms with Crippen LogP contribution >= 0.6 is 11.3 Å². The molecule has 0 aromatic carbocycles. The van der Waals surface area contributed by atoms with E-state index in [2.05, 4.69) is 16.4 Å². The summed E-state index contributed by atoms with van der Waals surface area (Å²) >= 11 is 1.41. The largest absolute Gasteiger partial charge is 0.347 e. The SMILES string of the molecule is Cc1nc(C)c(C(=O)NC2CCCC2C#N)s1. The molecule has 1 N–H and O–H groups in total. The summed E-state index contributed by atoms with van der Waals surface area (Å²) in [6.45, 7) is 3.73. The quantitative estimate of drug-likeness (QED) is 0.873. The maximum atomic E-state index is 12.0. The Hall–Kier alpha value is -1.41. The summed E-state index contributed by atoms with van der Waals surface area (Å²) < 4.78 is 0. The number of aryl methyl sites for hydroxylation is 2. The molecule has 1 aromatic heterocycles. The van der Waals surface area contributed by atoms with Crippen LogP contribution in [0.1, 0.15) is 39.6 Å². The van der Waals surface area contributed by atoms with Gasteiger partial charge < -0.3 is 5.32 Å². The van der Waals surface area contributed by atoms with Crippen molar-refractivity contribution in [1.29, 1.82) is 5.26 Å². The highest BCUT2D eigenvalue weighted by Gasteiger charge is 2.29. The van der Waals surface area contributed by atoms with Gasteiger partial charge in [-0.2, -0.15) is 5.26 Å². The zero-order valence-corrected chi connectivity index (χ0v) is 10.8. The fourth-order valence-electron chi connectivity index (χ4n) is 2.26. The first kappa shape index (κ1) is 12.1. The Labute approximate surface area is 105 Å². The van der Waals surface area contributed by atoms with E-state index >= 15 is 0 Å². The Morgan fingerprint density at radius 2 is 2.29 bits per heavy atom. The van der Waals surface area contributed by atoms with Gasteiger partial charge in [0, 0.05) is 6.04 Å². The number of nitriles is 1. The fraction of sp³-hybridized carbons (Fsp3) is 0.583. The first-order valence-electron chi connectivity index (χ1n) is 5.76. The molecule has 5 heteroatoms. The van der Waals surface area contributed by atoms with Crippen LogP contribution in [-0.4, -0.2) is 16.9 Å². The highest BCUT2D eigenvalue weighted by molar-refractivity contribution is 7.13. The molecule has 0 radical (unpaired) electrons. The maximum Gasteiger partial charge on any atom is 0.263 e. The van der Waals surface area contributed by atoms with Gasteiger partial charge in [-0.1, -0.05) is 0 Å². The van der Waals surface area contributed by atoms with Crippen LogP contribution in [0.2, 0.25) is 0 Å². The lowest BCUT2D eigenvalue weighted by Gasteiger charge is -2.14. The van der Waals surface area contributed by atoms with E-state index in [1.807, 2.05) is 13.8 Å². The van der Waals surface area contributed by atoms with Crippen molar-refractivity contribution in [3.05, 3.63) is 15.6 Å². The summed E-state index contributed by atoms with van der Waals surface area (Å²) in [5.41, 5.74) is 0.775. The van der Waals surface area contributed by atoms with E-state index in [9.17, 15) is 4.79 Å². The smallest absolute Gasteiger partial charge is 0.263 e. The molecule has 0 spiro atoms. The topological polar surface area (TPSA) is 65.8 Å². The molecule has 1 heterocycles. The lowest BCUT2D eigenvalue weighted by atomic mass is 10.1. The molecule has 17 heavy (non-hydrogen) atoms. The number of aromatic nitrogens is 1. The second-order valence-electron chi connectivity index (χ2n) is 4.39. The lowest BCUT2D eigenvalue weighted by molar-refractivity contribution is 0.0936. The van der Waals surface area contributed by atoms with Crippen LogP contribution in [0.25, 0.3) is 0 Å². The van der Waals surface area contributed by atoms with E-state index in [1.165, 1.54) is 11.3 Å². The number of rotatable bonds is 2. The van der Waals surface area contributed by atoms with Crippen molar-refractivity contribution in [2.45, 2.75) is 39.2 Å². The molecule has 1 saturated carbocycles. The molecular weight excluding hydrogens is 234 g/mol. The third-order valence-corrected chi connectivity index (χ3v) is 4.18. The van der Waals surface area contributed by atoms with Crippen LogP contribution in [0.15, 0.2) is 0 Å². The van der Waals surface area contributed by atoms with E-state index in [4.69, 9.17) is 5.26 Å². The third-order valence-electron chi connectivity index (χ3n) is 3.11. The Balaban J connectivity index is 2.07. The molecule has 2 atom stereocenters. The molecular formula is C12H15N3OS. The van der Waals surface area contributed by atoms with Gasteiger partial charge >= 0.3 is 0 Å². The number of carbonyl (C=O) groups excluding carboxylic acids is 1. The molecule has 1 fully saturated rings. The van der Waals surface area contributed by atoms with Crippen LogP contribution in [0.5, 0.6) is 0 Å². The molecule has 1 aliphatic carbocycles. The van der Waals surface area contributed by atoms with E-state index in [1.54, 1.807) is 0 Å². The minimum atomic E-state index is -0.0831. The van der Waals surface area contributed by atoms with Crippen LogP contribution in [0.3, 0.4) is 0 Å².